The molecule has 2 aliphatic rings. The minimum atomic E-state index is -0.322. The molecule has 1 atom stereocenters. The van der Waals surface area contributed by atoms with Crippen molar-refractivity contribution in [3.05, 3.63) is 191 Å². The molecule has 1 spiro atoms. The molecule has 0 N–H and O–H groups in total. The third-order valence-corrected chi connectivity index (χ3v) is 13.0. The van der Waals surface area contributed by atoms with Gasteiger partial charge in [-0.3, -0.25) is 0 Å². The predicted molar refractivity (Wildman–Crippen MR) is 217 cm³/mol. The molecule has 1 heterocycles. The maximum atomic E-state index is 2.46. The second-order valence-corrected chi connectivity index (χ2v) is 15.6. The fourth-order valence-corrected chi connectivity index (χ4v) is 11.0. The van der Waals surface area contributed by atoms with Crippen LogP contribution in [0.5, 0.6) is 0 Å². The Morgan fingerprint density at radius 2 is 1.04 bits per heavy atom. The van der Waals surface area contributed by atoms with E-state index in [1.54, 1.807) is 0 Å². The molecule has 1 aromatic heterocycles. The third-order valence-electron chi connectivity index (χ3n) is 11.9. The van der Waals surface area contributed by atoms with Crippen molar-refractivity contribution in [2.75, 3.05) is 0 Å². The number of hydrogen-bond donors (Lipinski definition) is 0. The molecule has 0 bridgehead atoms. The van der Waals surface area contributed by atoms with Crippen molar-refractivity contribution in [2.45, 2.75) is 12.3 Å². The second kappa shape index (κ2) is 9.82. The van der Waals surface area contributed by atoms with Crippen LogP contribution in [0.15, 0.2) is 164 Å². The standard InChI is InChI=1S/C50H30S/c1-29-26-45-49(51-29)40-14-5-7-18-43(40)50(45)42-17-6-4-13-39(42)48-36(16-9-19-44(48)50)35-24-23-34-28-41(33-21-20-30-10-2-3-11-32(30)27-33)37-15-8-12-31-22-25-38(35)47(34)46(31)37/h2-28H,1H3. The highest BCUT2D eigenvalue weighted by molar-refractivity contribution is 7.15. The molecule has 0 aliphatic heterocycles. The van der Waals surface area contributed by atoms with Gasteiger partial charge in [-0.15, -0.1) is 11.3 Å². The number of thiophene rings is 1. The first-order valence-electron chi connectivity index (χ1n) is 17.8. The van der Waals surface area contributed by atoms with E-state index in [-0.39, 0.29) is 5.41 Å². The van der Waals surface area contributed by atoms with Crippen LogP contribution in [0.25, 0.3) is 86.9 Å². The Balaban J connectivity index is 1.15. The molecule has 0 fully saturated rings. The zero-order valence-corrected chi connectivity index (χ0v) is 28.8. The van der Waals surface area contributed by atoms with Crippen LogP contribution < -0.4 is 0 Å². The fourth-order valence-electron chi connectivity index (χ4n) is 9.94. The second-order valence-electron chi connectivity index (χ2n) is 14.4. The van der Waals surface area contributed by atoms with Gasteiger partial charge in [-0.2, -0.15) is 0 Å². The summed E-state index contributed by atoms with van der Waals surface area (Å²) in [5.74, 6) is 0. The summed E-state index contributed by atoms with van der Waals surface area (Å²) in [6.45, 7) is 2.26. The molecule has 0 amide bonds. The molecule has 236 valence electrons. The lowest BCUT2D eigenvalue weighted by Gasteiger charge is -2.30. The molecule has 9 aromatic carbocycles. The Morgan fingerprint density at radius 1 is 0.392 bits per heavy atom. The van der Waals surface area contributed by atoms with Crippen molar-refractivity contribution >= 4 is 54.4 Å². The minimum Gasteiger partial charge on any atom is -0.140 e. The number of rotatable bonds is 2. The lowest BCUT2D eigenvalue weighted by atomic mass is 9.70. The van der Waals surface area contributed by atoms with Gasteiger partial charge < -0.3 is 0 Å². The summed E-state index contributed by atoms with van der Waals surface area (Å²) in [5.41, 5.74) is 14.6. The summed E-state index contributed by atoms with van der Waals surface area (Å²) in [7, 11) is 0. The van der Waals surface area contributed by atoms with E-state index in [9.17, 15) is 0 Å². The van der Waals surface area contributed by atoms with E-state index in [1.165, 1.54) is 114 Å². The summed E-state index contributed by atoms with van der Waals surface area (Å²) >= 11 is 1.94. The molecular formula is C50H30S. The highest BCUT2D eigenvalue weighted by atomic mass is 32.1. The molecule has 0 radical (unpaired) electrons. The van der Waals surface area contributed by atoms with Crippen LogP contribution in [0, 0.1) is 6.92 Å². The highest BCUT2D eigenvalue weighted by Crippen LogP contribution is 2.65. The van der Waals surface area contributed by atoms with Crippen molar-refractivity contribution < 1.29 is 0 Å². The maximum absolute atomic E-state index is 2.46. The van der Waals surface area contributed by atoms with Gasteiger partial charge in [0.05, 0.1) is 5.41 Å². The van der Waals surface area contributed by atoms with Gasteiger partial charge in [-0.1, -0.05) is 146 Å². The van der Waals surface area contributed by atoms with Crippen molar-refractivity contribution in [3.8, 4) is 43.8 Å². The van der Waals surface area contributed by atoms with Crippen LogP contribution in [0.1, 0.15) is 27.1 Å². The first-order chi connectivity index (χ1) is 25.2. The van der Waals surface area contributed by atoms with E-state index in [2.05, 4.69) is 171 Å². The SMILES string of the molecule is Cc1cc2c(s1)-c1ccccc1C21c2ccccc2-c2c(-c3ccc4cc(-c5ccc6ccccc6c5)c5cccc6ccc3c4c65)cccc21. The Labute approximate surface area is 300 Å². The summed E-state index contributed by atoms with van der Waals surface area (Å²) < 4.78 is 0. The normalized spacial score (nSPS) is 15.6. The van der Waals surface area contributed by atoms with E-state index in [0.29, 0.717) is 0 Å². The van der Waals surface area contributed by atoms with Crippen molar-refractivity contribution in [1.29, 1.82) is 0 Å². The third kappa shape index (κ3) is 3.45. The van der Waals surface area contributed by atoms with Crippen LogP contribution in [-0.4, -0.2) is 0 Å². The van der Waals surface area contributed by atoms with Gasteiger partial charge in [0.1, 0.15) is 0 Å². The molecule has 0 saturated carbocycles. The van der Waals surface area contributed by atoms with Gasteiger partial charge in [0.15, 0.2) is 0 Å². The van der Waals surface area contributed by atoms with Crippen LogP contribution in [-0.2, 0) is 5.41 Å². The fraction of sp³-hybridized carbons (Fsp3) is 0.0400. The Bertz CT molecular complexity index is 3100. The van der Waals surface area contributed by atoms with E-state index in [4.69, 9.17) is 0 Å². The lowest BCUT2D eigenvalue weighted by molar-refractivity contribution is 0.795. The number of aryl methyl sites for hydroxylation is 1. The lowest BCUT2D eigenvalue weighted by Crippen LogP contribution is -2.25. The molecule has 1 unspecified atom stereocenters. The Morgan fingerprint density at radius 3 is 1.94 bits per heavy atom. The van der Waals surface area contributed by atoms with E-state index in [1.807, 2.05) is 11.3 Å². The molecule has 51 heavy (non-hydrogen) atoms. The van der Waals surface area contributed by atoms with Gasteiger partial charge >= 0.3 is 0 Å². The Kier molecular flexibility index (Phi) is 5.34. The van der Waals surface area contributed by atoms with Crippen LogP contribution >= 0.6 is 11.3 Å². The average molecular weight is 663 g/mol. The zero-order chi connectivity index (χ0) is 33.4. The van der Waals surface area contributed by atoms with Gasteiger partial charge in [0.25, 0.3) is 0 Å². The molecule has 1 heteroatoms. The van der Waals surface area contributed by atoms with Crippen LogP contribution in [0.3, 0.4) is 0 Å². The number of benzene rings is 9. The first kappa shape index (κ1) is 27.8. The molecule has 0 nitrogen and oxygen atoms in total. The predicted octanol–water partition coefficient (Wildman–Crippen LogP) is 13.8. The molecule has 12 rings (SSSR count). The summed E-state index contributed by atoms with van der Waals surface area (Å²) in [6.07, 6.45) is 0. The zero-order valence-electron chi connectivity index (χ0n) is 28.0. The van der Waals surface area contributed by atoms with Gasteiger partial charge in [0, 0.05) is 9.75 Å². The quantitative estimate of drug-likeness (QED) is 0.162. The largest absolute Gasteiger partial charge is 0.140 e. The van der Waals surface area contributed by atoms with Crippen LogP contribution in [0.4, 0.5) is 0 Å². The number of fused-ring (bicyclic) bond motifs is 11. The van der Waals surface area contributed by atoms with Crippen molar-refractivity contribution in [1.82, 2.24) is 0 Å². The molecule has 10 aromatic rings. The molecule has 0 saturated heterocycles. The smallest absolute Gasteiger partial charge is 0.0734 e. The summed E-state index contributed by atoms with van der Waals surface area (Å²) in [6, 6.07) is 62.1. The first-order valence-corrected chi connectivity index (χ1v) is 18.7. The van der Waals surface area contributed by atoms with E-state index < -0.39 is 0 Å². The van der Waals surface area contributed by atoms with Crippen molar-refractivity contribution in [3.63, 3.8) is 0 Å². The topological polar surface area (TPSA) is 0 Å². The Hall–Kier alpha value is -6.02. The summed E-state index contributed by atoms with van der Waals surface area (Å²) in [4.78, 5) is 2.78. The maximum Gasteiger partial charge on any atom is 0.0734 e. The average Bonchev–Trinajstić information content (AvgIpc) is 3.80. The van der Waals surface area contributed by atoms with E-state index in [0.717, 1.165) is 0 Å². The highest BCUT2D eigenvalue weighted by Gasteiger charge is 2.52. The molecular weight excluding hydrogens is 633 g/mol. The van der Waals surface area contributed by atoms with Gasteiger partial charge in [0.2, 0.25) is 0 Å². The minimum absolute atomic E-state index is 0.322. The monoisotopic (exact) mass is 662 g/mol. The van der Waals surface area contributed by atoms with E-state index >= 15 is 0 Å². The number of hydrogen-bond acceptors (Lipinski definition) is 1. The van der Waals surface area contributed by atoms with Crippen LogP contribution in [0.2, 0.25) is 0 Å². The van der Waals surface area contributed by atoms with Crippen molar-refractivity contribution in [2.24, 2.45) is 0 Å². The molecule has 2 aliphatic carbocycles. The van der Waals surface area contributed by atoms with Gasteiger partial charge in [-0.25, -0.2) is 0 Å². The van der Waals surface area contributed by atoms with Gasteiger partial charge in [-0.05, 0) is 129 Å². The summed E-state index contributed by atoms with van der Waals surface area (Å²) in [5, 5.41) is 10.4.